The summed E-state index contributed by atoms with van der Waals surface area (Å²) in [7, 11) is 0. The van der Waals surface area contributed by atoms with Gasteiger partial charge in [-0.05, 0) is 70.7 Å². The van der Waals surface area contributed by atoms with Crippen molar-refractivity contribution in [1.82, 2.24) is 4.90 Å². The van der Waals surface area contributed by atoms with Gasteiger partial charge in [0.1, 0.15) is 5.60 Å². The number of likely N-dealkylation sites (tertiary alicyclic amines) is 1. The van der Waals surface area contributed by atoms with Gasteiger partial charge in [-0.1, -0.05) is 11.6 Å². The first-order valence-electron chi connectivity index (χ1n) is 9.29. The highest BCUT2D eigenvalue weighted by molar-refractivity contribution is 6.30. The van der Waals surface area contributed by atoms with Crippen LogP contribution >= 0.6 is 11.6 Å². The molecule has 1 aromatic carbocycles. The highest BCUT2D eigenvalue weighted by atomic mass is 35.5. The van der Waals surface area contributed by atoms with Gasteiger partial charge in [-0.2, -0.15) is 0 Å². The Balaban J connectivity index is 1.84. The van der Waals surface area contributed by atoms with Crippen molar-refractivity contribution in [3.8, 4) is 0 Å². The minimum absolute atomic E-state index is 0.0793. The first kappa shape index (κ1) is 19.3. The van der Waals surface area contributed by atoms with Gasteiger partial charge in [-0.3, -0.25) is 4.90 Å². The molecular formula is C20H29ClN2O3. The Morgan fingerprint density at radius 2 is 2.15 bits per heavy atom. The zero-order valence-electron chi connectivity index (χ0n) is 16.1. The number of ether oxygens (including phenoxy) is 1. The summed E-state index contributed by atoms with van der Waals surface area (Å²) in [5.74, 6) is 0. The van der Waals surface area contributed by atoms with Crippen molar-refractivity contribution < 1.29 is 14.6 Å². The first-order valence-corrected chi connectivity index (χ1v) is 9.67. The fraction of sp³-hybridized carbons (Fsp3) is 0.650. The molecule has 1 fully saturated rings. The number of fused-ring (bicyclic) bond motifs is 1. The largest absolute Gasteiger partial charge is 0.444 e. The Kier molecular flexibility index (Phi) is 5.15. The molecule has 26 heavy (non-hydrogen) atoms. The van der Waals surface area contributed by atoms with E-state index in [1.54, 1.807) is 4.90 Å². The van der Waals surface area contributed by atoms with Crippen LogP contribution in [0.4, 0.5) is 10.5 Å². The summed E-state index contributed by atoms with van der Waals surface area (Å²) in [6.07, 6.45) is 2.44. The SMILES string of the molecule is CC(C)(C)OC(=O)N1C[C@H](N2CCCc3cc(Cl)ccc32)C[C@@]1(C)CO. The zero-order valence-corrected chi connectivity index (χ0v) is 16.8. The van der Waals surface area contributed by atoms with Crippen LogP contribution in [0.25, 0.3) is 0 Å². The summed E-state index contributed by atoms with van der Waals surface area (Å²) in [6, 6.07) is 6.18. The predicted molar refractivity (Wildman–Crippen MR) is 104 cm³/mol. The second-order valence-corrected chi connectivity index (χ2v) is 9.11. The minimum Gasteiger partial charge on any atom is -0.444 e. The van der Waals surface area contributed by atoms with E-state index in [0.717, 1.165) is 24.4 Å². The fourth-order valence-corrected chi connectivity index (χ4v) is 4.25. The molecule has 3 rings (SSSR count). The van der Waals surface area contributed by atoms with Crippen LogP contribution in [0.2, 0.25) is 5.02 Å². The molecule has 5 nitrogen and oxygen atoms in total. The molecule has 0 saturated carbocycles. The number of aliphatic hydroxyl groups is 1. The number of hydrogen-bond donors (Lipinski definition) is 1. The molecule has 0 bridgehead atoms. The Bertz CT molecular complexity index is 688. The van der Waals surface area contributed by atoms with E-state index in [1.807, 2.05) is 39.8 Å². The lowest BCUT2D eigenvalue weighted by Gasteiger charge is -2.36. The van der Waals surface area contributed by atoms with Crippen molar-refractivity contribution in [3.05, 3.63) is 28.8 Å². The molecule has 2 atom stereocenters. The first-order chi connectivity index (χ1) is 12.1. The molecular weight excluding hydrogens is 352 g/mol. The smallest absolute Gasteiger partial charge is 0.410 e. The number of amides is 1. The summed E-state index contributed by atoms with van der Waals surface area (Å²) in [5.41, 5.74) is 1.28. The van der Waals surface area contributed by atoms with E-state index in [2.05, 4.69) is 11.0 Å². The molecule has 0 aliphatic carbocycles. The molecule has 0 radical (unpaired) electrons. The van der Waals surface area contributed by atoms with Crippen LogP contribution in [0.5, 0.6) is 0 Å². The molecule has 1 aromatic rings. The van der Waals surface area contributed by atoms with Gasteiger partial charge < -0.3 is 14.7 Å². The standard InChI is InChI=1S/C20H29ClN2O3/c1-19(2,3)26-18(25)23-12-16(11-20(23,4)13-24)22-9-5-6-14-10-15(21)7-8-17(14)22/h7-8,10,16,24H,5-6,9,11-13H2,1-4H3/t16-,20+/m1/s1. The van der Waals surface area contributed by atoms with Crippen LogP contribution in [0.3, 0.4) is 0 Å². The van der Waals surface area contributed by atoms with Gasteiger partial charge in [0.2, 0.25) is 0 Å². The normalized spacial score (nSPS) is 26.0. The maximum absolute atomic E-state index is 12.7. The monoisotopic (exact) mass is 380 g/mol. The summed E-state index contributed by atoms with van der Waals surface area (Å²) < 4.78 is 5.58. The van der Waals surface area contributed by atoms with Gasteiger partial charge in [0.25, 0.3) is 0 Å². The summed E-state index contributed by atoms with van der Waals surface area (Å²) in [5, 5.41) is 10.8. The number of aryl methyl sites for hydroxylation is 1. The summed E-state index contributed by atoms with van der Waals surface area (Å²) in [4.78, 5) is 16.8. The fourth-order valence-electron chi connectivity index (χ4n) is 4.06. The lowest BCUT2D eigenvalue weighted by Crippen LogP contribution is -2.49. The van der Waals surface area contributed by atoms with E-state index in [9.17, 15) is 9.90 Å². The molecule has 1 amide bonds. The maximum atomic E-state index is 12.7. The Labute approximate surface area is 160 Å². The number of carbonyl (C=O) groups is 1. The molecule has 144 valence electrons. The third kappa shape index (κ3) is 3.79. The average Bonchev–Trinajstić information content (AvgIpc) is 2.91. The maximum Gasteiger partial charge on any atom is 0.410 e. The van der Waals surface area contributed by atoms with Crippen molar-refractivity contribution >= 4 is 23.4 Å². The molecule has 1 saturated heterocycles. The molecule has 0 unspecified atom stereocenters. The highest BCUT2D eigenvalue weighted by Gasteiger charge is 2.48. The van der Waals surface area contributed by atoms with Crippen molar-refractivity contribution in [2.75, 3.05) is 24.6 Å². The van der Waals surface area contributed by atoms with Crippen molar-refractivity contribution in [2.24, 2.45) is 0 Å². The van der Waals surface area contributed by atoms with Gasteiger partial charge in [0.05, 0.1) is 12.1 Å². The van der Waals surface area contributed by atoms with Crippen LogP contribution in [-0.2, 0) is 11.2 Å². The van der Waals surface area contributed by atoms with E-state index in [4.69, 9.17) is 16.3 Å². The number of aliphatic hydroxyl groups excluding tert-OH is 1. The average molecular weight is 381 g/mol. The van der Waals surface area contributed by atoms with Gasteiger partial charge in [0.15, 0.2) is 0 Å². The van der Waals surface area contributed by atoms with E-state index < -0.39 is 11.1 Å². The number of benzene rings is 1. The number of nitrogens with zero attached hydrogens (tertiary/aromatic N) is 2. The molecule has 6 heteroatoms. The highest BCUT2D eigenvalue weighted by Crippen LogP contribution is 2.38. The zero-order chi connectivity index (χ0) is 19.1. The van der Waals surface area contributed by atoms with Crippen LogP contribution in [0.15, 0.2) is 18.2 Å². The molecule has 2 heterocycles. The lowest BCUT2D eigenvalue weighted by molar-refractivity contribution is -0.0000870. The van der Waals surface area contributed by atoms with Crippen molar-refractivity contribution in [2.45, 2.75) is 64.1 Å². The Morgan fingerprint density at radius 3 is 2.81 bits per heavy atom. The number of rotatable bonds is 2. The molecule has 2 aliphatic heterocycles. The second-order valence-electron chi connectivity index (χ2n) is 8.67. The number of hydrogen-bond acceptors (Lipinski definition) is 4. The van der Waals surface area contributed by atoms with Crippen LogP contribution in [0.1, 0.15) is 46.1 Å². The third-order valence-corrected chi connectivity index (χ3v) is 5.55. The third-order valence-electron chi connectivity index (χ3n) is 5.31. The van der Waals surface area contributed by atoms with Gasteiger partial charge >= 0.3 is 6.09 Å². The molecule has 0 spiro atoms. The number of halogens is 1. The molecule has 1 N–H and O–H groups in total. The number of carbonyl (C=O) groups excluding carboxylic acids is 1. The van der Waals surface area contributed by atoms with Gasteiger partial charge in [0, 0.05) is 29.8 Å². The molecule has 2 aliphatic rings. The number of anilines is 1. The van der Waals surface area contributed by atoms with E-state index in [0.29, 0.717) is 13.0 Å². The van der Waals surface area contributed by atoms with Gasteiger partial charge in [-0.25, -0.2) is 4.79 Å². The van der Waals surface area contributed by atoms with Crippen molar-refractivity contribution in [1.29, 1.82) is 0 Å². The van der Waals surface area contributed by atoms with Crippen LogP contribution in [0, 0.1) is 0 Å². The predicted octanol–water partition coefficient (Wildman–Crippen LogP) is 3.85. The van der Waals surface area contributed by atoms with Gasteiger partial charge in [-0.15, -0.1) is 0 Å². The van der Waals surface area contributed by atoms with Crippen LogP contribution in [-0.4, -0.2) is 53.0 Å². The van der Waals surface area contributed by atoms with Crippen molar-refractivity contribution in [3.63, 3.8) is 0 Å². The quantitative estimate of drug-likeness (QED) is 0.846. The topological polar surface area (TPSA) is 53.0 Å². The van der Waals surface area contributed by atoms with Crippen LogP contribution < -0.4 is 4.90 Å². The second kappa shape index (κ2) is 6.93. The Hall–Kier alpha value is -1.46. The Morgan fingerprint density at radius 1 is 1.42 bits per heavy atom. The summed E-state index contributed by atoms with van der Waals surface area (Å²) >= 11 is 6.16. The van der Waals surface area contributed by atoms with E-state index in [-0.39, 0.29) is 18.7 Å². The van der Waals surface area contributed by atoms with E-state index in [1.165, 1.54) is 11.3 Å². The molecule has 0 aromatic heterocycles. The lowest BCUT2D eigenvalue weighted by atomic mass is 9.95. The summed E-state index contributed by atoms with van der Waals surface area (Å²) in [6.45, 7) is 8.93. The van der Waals surface area contributed by atoms with E-state index >= 15 is 0 Å². The minimum atomic E-state index is -0.614.